The van der Waals surface area contributed by atoms with Gasteiger partial charge >= 0.3 is 6.09 Å². The number of ether oxygens (including phenoxy) is 1. The Bertz CT molecular complexity index is 867. The molecule has 3 rings (SSSR count). The molecule has 8 heteroatoms. The number of amides is 3. The number of piperidine rings is 1. The second-order valence-corrected chi connectivity index (χ2v) is 10.6. The van der Waals surface area contributed by atoms with E-state index in [-0.39, 0.29) is 23.8 Å². The molecule has 1 N–H and O–H groups in total. The van der Waals surface area contributed by atoms with Crippen molar-refractivity contribution in [2.75, 3.05) is 52.4 Å². The van der Waals surface area contributed by atoms with Crippen LogP contribution in [0.15, 0.2) is 18.2 Å². The molecular formula is C26H40N4O4. The van der Waals surface area contributed by atoms with Crippen molar-refractivity contribution < 1.29 is 19.1 Å². The minimum absolute atomic E-state index is 0.00663. The highest BCUT2D eigenvalue weighted by molar-refractivity contribution is 5.95. The lowest BCUT2D eigenvalue weighted by atomic mass is 9.96. The van der Waals surface area contributed by atoms with Gasteiger partial charge in [0, 0.05) is 57.9 Å². The number of hydrogen-bond donors (Lipinski definition) is 1. The lowest BCUT2D eigenvalue weighted by Crippen LogP contribution is -2.51. The zero-order valence-electron chi connectivity index (χ0n) is 21.4. The van der Waals surface area contributed by atoms with Crippen molar-refractivity contribution in [3.63, 3.8) is 0 Å². The van der Waals surface area contributed by atoms with Gasteiger partial charge in [0.15, 0.2) is 0 Å². The molecule has 0 bridgehead atoms. The molecule has 2 aliphatic rings. The number of hydrogen-bond acceptors (Lipinski definition) is 5. The van der Waals surface area contributed by atoms with E-state index in [4.69, 9.17) is 4.74 Å². The van der Waals surface area contributed by atoms with Gasteiger partial charge in [0.2, 0.25) is 5.91 Å². The first kappa shape index (κ1) is 26.0. The quantitative estimate of drug-likeness (QED) is 0.713. The van der Waals surface area contributed by atoms with Crippen LogP contribution in [-0.4, -0.2) is 90.6 Å². The third kappa shape index (κ3) is 7.45. The van der Waals surface area contributed by atoms with Gasteiger partial charge in [-0.05, 0) is 59.6 Å². The van der Waals surface area contributed by atoms with E-state index < -0.39 is 5.60 Å². The lowest BCUT2D eigenvalue weighted by Gasteiger charge is -2.35. The van der Waals surface area contributed by atoms with Crippen molar-refractivity contribution >= 4 is 17.9 Å². The number of carbonyl (C=O) groups excluding carboxylic acids is 3. The third-order valence-electron chi connectivity index (χ3n) is 6.30. The predicted molar refractivity (Wildman–Crippen MR) is 132 cm³/mol. The number of likely N-dealkylation sites (tertiary alicyclic amines) is 1. The highest BCUT2D eigenvalue weighted by atomic mass is 16.6. The van der Waals surface area contributed by atoms with Crippen molar-refractivity contribution in [1.82, 2.24) is 20.0 Å². The summed E-state index contributed by atoms with van der Waals surface area (Å²) in [5.74, 6) is -0.148. The van der Waals surface area contributed by atoms with Crippen LogP contribution in [0.1, 0.15) is 55.1 Å². The molecule has 0 aromatic heterocycles. The van der Waals surface area contributed by atoms with Crippen LogP contribution in [0, 0.1) is 19.8 Å². The highest BCUT2D eigenvalue weighted by Crippen LogP contribution is 2.20. The number of nitrogens with one attached hydrogen (secondary N) is 1. The summed E-state index contributed by atoms with van der Waals surface area (Å²) in [6.07, 6.45) is 1.37. The van der Waals surface area contributed by atoms with Gasteiger partial charge in [0.1, 0.15) is 5.60 Å². The molecule has 1 atom stereocenters. The number of carbonyl (C=O) groups is 3. The van der Waals surface area contributed by atoms with Gasteiger partial charge in [-0.2, -0.15) is 0 Å². The Morgan fingerprint density at radius 1 is 0.971 bits per heavy atom. The Hall–Kier alpha value is -2.61. The van der Waals surface area contributed by atoms with Crippen LogP contribution in [0.25, 0.3) is 0 Å². The largest absolute Gasteiger partial charge is 0.444 e. The standard InChI is InChI=1S/C26H40N4O4/c1-19-15-20(2)17-22(16-19)24(32)30-9-6-7-21(18-30)23(31)27-8-10-28-11-13-29(14-12-28)25(33)34-26(3,4)5/h15-17,21H,6-14,18H2,1-5H3,(H,27,31). The Kier molecular flexibility index (Phi) is 8.57. The van der Waals surface area contributed by atoms with E-state index >= 15 is 0 Å². The number of nitrogens with zero attached hydrogens (tertiary/aromatic N) is 3. The normalized spacial score (nSPS) is 19.6. The van der Waals surface area contributed by atoms with Crippen LogP contribution in [-0.2, 0) is 9.53 Å². The van der Waals surface area contributed by atoms with Gasteiger partial charge in [-0.1, -0.05) is 17.2 Å². The molecule has 0 radical (unpaired) electrons. The van der Waals surface area contributed by atoms with Crippen molar-refractivity contribution in [3.05, 3.63) is 34.9 Å². The Labute approximate surface area is 203 Å². The Balaban J connectivity index is 1.40. The van der Waals surface area contributed by atoms with Crippen molar-refractivity contribution in [1.29, 1.82) is 0 Å². The fourth-order valence-corrected chi connectivity index (χ4v) is 4.62. The van der Waals surface area contributed by atoms with Gasteiger partial charge in [-0.15, -0.1) is 0 Å². The van der Waals surface area contributed by atoms with Crippen molar-refractivity contribution in [2.24, 2.45) is 5.92 Å². The molecule has 1 aromatic carbocycles. The maximum Gasteiger partial charge on any atom is 0.410 e. The zero-order chi connectivity index (χ0) is 24.9. The van der Waals surface area contributed by atoms with Gasteiger partial charge < -0.3 is 19.9 Å². The first-order chi connectivity index (χ1) is 16.0. The van der Waals surface area contributed by atoms with E-state index in [0.29, 0.717) is 38.3 Å². The molecule has 2 heterocycles. The molecule has 3 amide bonds. The number of rotatable bonds is 5. The fourth-order valence-electron chi connectivity index (χ4n) is 4.62. The van der Waals surface area contributed by atoms with Crippen LogP contribution in [0.5, 0.6) is 0 Å². The first-order valence-electron chi connectivity index (χ1n) is 12.4. The average Bonchev–Trinajstić information content (AvgIpc) is 2.77. The summed E-state index contributed by atoms with van der Waals surface area (Å²) in [7, 11) is 0. The molecule has 2 fully saturated rings. The molecule has 2 saturated heterocycles. The average molecular weight is 473 g/mol. The van der Waals surface area contributed by atoms with Crippen LogP contribution >= 0.6 is 0 Å². The summed E-state index contributed by atoms with van der Waals surface area (Å²) >= 11 is 0. The van der Waals surface area contributed by atoms with E-state index in [1.807, 2.05) is 51.7 Å². The molecule has 1 unspecified atom stereocenters. The van der Waals surface area contributed by atoms with Gasteiger partial charge in [-0.25, -0.2) is 4.79 Å². The predicted octanol–water partition coefficient (Wildman–Crippen LogP) is 2.82. The van der Waals surface area contributed by atoms with Crippen LogP contribution in [0.4, 0.5) is 4.79 Å². The topological polar surface area (TPSA) is 82.2 Å². The minimum Gasteiger partial charge on any atom is -0.444 e. The van der Waals surface area contributed by atoms with E-state index in [2.05, 4.69) is 16.3 Å². The van der Waals surface area contributed by atoms with Gasteiger partial charge in [0.05, 0.1) is 5.92 Å². The smallest absolute Gasteiger partial charge is 0.410 e. The number of aryl methyl sites for hydroxylation is 2. The van der Waals surface area contributed by atoms with Gasteiger partial charge in [-0.3, -0.25) is 14.5 Å². The molecule has 2 aliphatic heterocycles. The molecule has 188 valence electrons. The Morgan fingerprint density at radius 2 is 1.62 bits per heavy atom. The molecule has 0 spiro atoms. The molecule has 34 heavy (non-hydrogen) atoms. The summed E-state index contributed by atoms with van der Waals surface area (Å²) in [6, 6.07) is 5.89. The van der Waals surface area contributed by atoms with Crippen molar-refractivity contribution in [2.45, 2.75) is 53.1 Å². The molecule has 8 nitrogen and oxygen atoms in total. The maximum atomic E-state index is 13.0. The van der Waals surface area contributed by atoms with E-state index in [1.54, 1.807) is 4.90 Å². The SMILES string of the molecule is Cc1cc(C)cc(C(=O)N2CCCC(C(=O)NCCN3CCN(C(=O)OC(C)(C)C)CC3)C2)c1. The Morgan fingerprint density at radius 3 is 2.24 bits per heavy atom. The zero-order valence-corrected chi connectivity index (χ0v) is 21.4. The molecule has 0 aliphatic carbocycles. The monoisotopic (exact) mass is 472 g/mol. The second-order valence-electron chi connectivity index (χ2n) is 10.6. The first-order valence-corrected chi connectivity index (χ1v) is 12.4. The third-order valence-corrected chi connectivity index (χ3v) is 6.30. The van der Waals surface area contributed by atoms with E-state index in [9.17, 15) is 14.4 Å². The molecule has 1 aromatic rings. The van der Waals surface area contributed by atoms with E-state index in [0.717, 1.165) is 43.6 Å². The lowest BCUT2D eigenvalue weighted by molar-refractivity contribution is -0.126. The van der Waals surface area contributed by atoms with Crippen molar-refractivity contribution in [3.8, 4) is 0 Å². The summed E-state index contributed by atoms with van der Waals surface area (Å²) in [4.78, 5) is 43.8. The summed E-state index contributed by atoms with van der Waals surface area (Å²) in [6.45, 7) is 14.8. The molecule has 0 saturated carbocycles. The number of piperazine rings is 1. The maximum absolute atomic E-state index is 13.0. The summed E-state index contributed by atoms with van der Waals surface area (Å²) in [5, 5.41) is 3.06. The number of benzene rings is 1. The van der Waals surface area contributed by atoms with E-state index in [1.165, 1.54) is 0 Å². The van der Waals surface area contributed by atoms with Crippen LogP contribution in [0.2, 0.25) is 0 Å². The van der Waals surface area contributed by atoms with Crippen LogP contribution in [0.3, 0.4) is 0 Å². The van der Waals surface area contributed by atoms with Crippen LogP contribution < -0.4 is 5.32 Å². The highest BCUT2D eigenvalue weighted by Gasteiger charge is 2.29. The second kappa shape index (κ2) is 11.2. The summed E-state index contributed by atoms with van der Waals surface area (Å²) in [5.41, 5.74) is 2.35. The summed E-state index contributed by atoms with van der Waals surface area (Å²) < 4.78 is 5.44. The molecular weight excluding hydrogens is 432 g/mol. The minimum atomic E-state index is -0.489. The van der Waals surface area contributed by atoms with Gasteiger partial charge in [0.25, 0.3) is 5.91 Å². The fraction of sp³-hybridized carbons (Fsp3) is 0.654.